The summed E-state index contributed by atoms with van der Waals surface area (Å²) in [5.74, 6) is 0. The highest BCUT2D eigenvalue weighted by Gasteiger charge is 2.08. The Labute approximate surface area is 114 Å². The molecule has 0 saturated carbocycles. The molecule has 0 aliphatic rings. The molecule has 3 nitrogen and oxygen atoms in total. The molecule has 2 aromatic carbocycles. The molecule has 0 radical (unpaired) electrons. The van der Waals surface area contributed by atoms with Gasteiger partial charge in [-0.25, -0.2) is 4.98 Å². The van der Waals surface area contributed by atoms with Gasteiger partial charge in [0.1, 0.15) is 0 Å². The van der Waals surface area contributed by atoms with Crippen LogP contribution in [-0.2, 0) is 7.05 Å². The third-order valence-corrected chi connectivity index (χ3v) is 3.95. The Morgan fingerprint density at radius 2 is 1.68 bits per heavy atom. The van der Waals surface area contributed by atoms with Gasteiger partial charge in [0.25, 0.3) is 5.56 Å². The minimum Gasteiger partial charge on any atom is -0.290 e. The Morgan fingerprint density at radius 1 is 1.00 bits per heavy atom. The van der Waals surface area contributed by atoms with Crippen molar-refractivity contribution in [2.45, 2.75) is 10.1 Å². The number of fused-ring (bicyclic) bond motifs is 1. The minimum atomic E-state index is -0.0102. The Kier molecular flexibility index (Phi) is 3.09. The van der Waals surface area contributed by atoms with E-state index in [0.717, 1.165) is 10.4 Å². The average Bonchev–Trinajstić information content (AvgIpc) is 2.46. The van der Waals surface area contributed by atoms with Crippen molar-refractivity contribution in [2.24, 2.45) is 7.05 Å². The van der Waals surface area contributed by atoms with Crippen molar-refractivity contribution >= 4 is 22.7 Å². The van der Waals surface area contributed by atoms with Gasteiger partial charge in [-0.15, -0.1) is 0 Å². The lowest BCUT2D eigenvalue weighted by atomic mass is 10.2. The van der Waals surface area contributed by atoms with Crippen LogP contribution >= 0.6 is 11.8 Å². The molecule has 0 spiro atoms. The molecule has 0 aliphatic carbocycles. The van der Waals surface area contributed by atoms with Gasteiger partial charge in [-0.2, -0.15) is 0 Å². The summed E-state index contributed by atoms with van der Waals surface area (Å²) in [5, 5.41) is 1.36. The van der Waals surface area contributed by atoms with Crippen LogP contribution in [-0.4, -0.2) is 9.55 Å². The second-order valence-electron chi connectivity index (χ2n) is 4.19. The standard InChI is InChI=1S/C15H12N2OS/c1-17-14(18)12-9-5-6-10-13(12)16-15(17)19-11-7-3-2-4-8-11/h2-10H,1H3. The van der Waals surface area contributed by atoms with Crippen molar-refractivity contribution in [3.63, 3.8) is 0 Å². The first-order valence-electron chi connectivity index (χ1n) is 5.94. The van der Waals surface area contributed by atoms with Gasteiger partial charge in [0.05, 0.1) is 10.9 Å². The van der Waals surface area contributed by atoms with E-state index in [9.17, 15) is 4.79 Å². The molecule has 3 aromatic rings. The molecule has 0 atom stereocenters. The third kappa shape index (κ3) is 2.27. The zero-order valence-corrected chi connectivity index (χ0v) is 11.2. The third-order valence-electron chi connectivity index (χ3n) is 2.89. The van der Waals surface area contributed by atoms with Crippen LogP contribution in [0.3, 0.4) is 0 Å². The second kappa shape index (κ2) is 4.90. The van der Waals surface area contributed by atoms with E-state index in [1.165, 1.54) is 11.8 Å². The van der Waals surface area contributed by atoms with E-state index < -0.39 is 0 Å². The molecule has 3 rings (SSSR count). The summed E-state index contributed by atoms with van der Waals surface area (Å²) in [4.78, 5) is 17.9. The molecule has 1 heterocycles. The average molecular weight is 268 g/mol. The van der Waals surface area contributed by atoms with Crippen LogP contribution in [0.25, 0.3) is 10.9 Å². The Balaban J connectivity index is 2.14. The molecular weight excluding hydrogens is 256 g/mol. The van der Waals surface area contributed by atoms with Crippen LogP contribution in [0.2, 0.25) is 0 Å². The van der Waals surface area contributed by atoms with E-state index in [4.69, 9.17) is 0 Å². The number of para-hydroxylation sites is 1. The van der Waals surface area contributed by atoms with Crippen LogP contribution < -0.4 is 5.56 Å². The number of hydrogen-bond acceptors (Lipinski definition) is 3. The van der Waals surface area contributed by atoms with Crippen molar-refractivity contribution in [2.75, 3.05) is 0 Å². The van der Waals surface area contributed by atoms with E-state index in [0.29, 0.717) is 10.5 Å². The Hall–Kier alpha value is -2.07. The van der Waals surface area contributed by atoms with Crippen LogP contribution in [0.4, 0.5) is 0 Å². The van der Waals surface area contributed by atoms with Crippen molar-refractivity contribution in [3.05, 3.63) is 65.0 Å². The summed E-state index contributed by atoms with van der Waals surface area (Å²) < 4.78 is 1.60. The summed E-state index contributed by atoms with van der Waals surface area (Å²) >= 11 is 1.50. The van der Waals surface area contributed by atoms with Crippen molar-refractivity contribution < 1.29 is 0 Å². The van der Waals surface area contributed by atoms with E-state index in [2.05, 4.69) is 4.98 Å². The van der Waals surface area contributed by atoms with Crippen molar-refractivity contribution in [1.82, 2.24) is 9.55 Å². The first-order chi connectivity index (χ1) is 9.25. The molecule has 0 saturated heterocycles. The highest BCUT2D eigenvalue weighted by Crippen LogP contribution is 2.25. The van der Waals surface area contributed by atoms with E-state index in [1.54, 1.807) is 11.6 Å². The van der Waals surface area contributed by atoms with Gasteiger partial charge in [-0.1, -0.05) is 42.1 Å². The molecular formula is C15H12N2OS. The molecule has 0 N–H and O–H groups in total. The lowest BCUT2D eigenvalue weighted by molar-refractivity contribution is 0.726. The Bertz CT molecular complexity index is 781. The maximum Gasteiger partial charge on any atom is 0.261 e. The van der Waals surface area contributed by atoms with E-state index in [-0.39, 0.29) is 5.56 Å². The number of rotatable bonds is 2. The van der Waals surface area contributed by atoms with Gasteiger partial charge in [0.15, 0.2) is 5.16 Å². The molecule has 1 aromatic heterocycles. The summed E-state index contributed by atoms with van der Waals surface area (Å²) in [6, 6.07) is 17.4. The zero-order valence-electron chi connectivity index (χ0n) is 10.4. The highest BCUT2D eigenvalue weighted by atomic mass is 32.2. The summed E-state index contributed by atoms with van der Waals surface area (Å²) in [6.45, 7) is 0. The minimum absolute atomic E-state index is 0.0102. The number of nitrogens with zero attached hydrogens (tertiary/aromatic N) is 2. The first kappa shape index (κ1) is 12.0. The van der Waals surface area contributed by atoms with Crippen LogP contribution in [0.15, 0.2) is 69.4 Å². The summed E-state index contributed by atoms with van der Waals surface area (Å²) in [6.07, 6.45) is 0. The molecule has 4 heteroatoms. The molecule has 0 bridgehead atoms. The monoisotopic (exact) mass is 268 g/mol. The Morgan fingerprint density at radius 3 is 2.47 bits per heavy atom. The first-order valence-corrected chi connectivity index (χ1v) is 6.76. The normalized spacial score (nSPS) is 10.8. The van der Waals surface area contributed by atoms with Crippen molar-refractivity contribution in [1.29, 1.82) is 0 Å². The van der Waals surface area contributed by atoms with Crippen LogP contribution in [0.5, 0.6) is 0 Å². The van der Waals surface area contributed by atoms with Gasteiger partial charge in [0, 0.05) is 11.9 Å². The molecule has 0 unspecified atom stereocenters. The van der Waals surface area contributed by atoms with E-state index >= 15 is 0 Å². The molecule has 19 heavy (non-hydrogen) atoms. The predicted octanol–water partition coefficient (Wildman–Crippen LogP) is 3.08. The summed E-state index contributed by atoms with van der Waals surface area (Å²) in [5.41, 5.74) is 0.730. The lowest BCUT2D eigenvalue weighted by Gasteiger charge is -2.08. The number of hydrogen-bond donors (Lipinski definition) is 0. The fourth-order valence-corrected chi connectivity index (χ4v) is 2.75. The van der Waals surface area contributed by atoms with Crippen molar-refractivity contribution in [3.8, 4) is 0 Å². The topological polar surface area (TPSA) is 34.9 Å². The van der Waals surface area contributed by atoms with Crippen LogP contribution in [0.1, 0.15) is 0 Å². The van der Waals surface area contributed by atoms with E-state index in [1.807, 2.05) is 54.6 Å². The number of aromatic nitrogens is 2. The zero-order chi connectivity index (χ0) is 13.2. The maximum absolute atomic E-state index is 12.2. The number of benzene rings is 2. The largest absolute Gasteiger partial charge is 0.290 e. The highest BCUT2D eigenvalue weighted by molar-refractivity contribution is 7.99. The molecule has 0 amide bonds. The maximum atomic E-state index is 12.2. The second-order valence-corrected chi connectivity index (χ2v) is 5.23. The van der Waals surface area contributed by atoms with Gasteiger partial charge in [-0.3, -0.25) is 9.36 Å². The van der Waals surface area contributed by atoms with Gasteiger partial charge in [0.2, 0.25) is 0 Å². The summed E-state index contributed by atoms with van der Waals surface area (Å²) in [7, 11) is 1.76. The quantitative estimate of drug-likeness (QED) is 0.670. The lowest BCUT2D eigenvalue weighted by Crippen LogP contribution is -2.19. The fraction of sp³-hybridized carbons (Fsp3) is 0.0667. The molecule has 0 aliphatic heterocycles. The fourth-order valence-electron chi connectivity index (χ4n) is 1.88. The van der Waals surface area contributed by atoms with Gasteiger partial charge in [-0.05, 0) is 24.3 Å². The molecule has 94 valence electrons. The van der Waals surface area contributed by atoms with Gasteiger partial charge < -0.3 is 0 Å². The van der Waals surface area contributed by atoms with Gasteiger partial charge >= 0.3 is 0 Å². The smallest absolute Gasteiger partial charge is 0.261 e. The predicted molar refractivity (Wildman–Crippen MR) is 77.5 cm³/mol. The molecule has 0 fully saturated rings. The SMILES string of the molecule is Cn1c(Sc2ccccc2)nc2ccccc2c1=O. The van der Waals surface area contributed by atoms with Crippen LogP contribution in [0, 0.1) is 0 Å².